The Hall–Kier alpha value is -8.01. The number of piperazine rings is 1. The number of esters is 1. The number of pyridine rings is 1. The minimum absolute atomic E-state index is 0.0559. The lowest BCUT2D eigenvalue weighted by atomic mass is 9.78. The largest absolute Gasteiger partial charge is 0.507 e. The van der Waals surface area contributed by atoms with Crippen molar-refractivity contribution in [1.29, 1.82) is 0 Å². The van der Waals surface area contributed by atoms with E-state index in [9.17, 15) is 54.8 Å². The number of aliphatic hydroxyl groups excluding tert-OH is 3. The number of nitro groups is 1. The van der Waals surface area contributed by atoms with Gasteiger partial charge in [0.05, 0.1) is 59.6 Å². The number of nitrogen functional groups attached to an aromatic ring is 1. The summed E-state index contributed by atoms with van der Waals surface area (Å²) in [5.41, 5.74) is 2.18. The number of ether oxygens (including phenoxy) is 4. The second-order valence-corrected chi connectivity index (χ2v) is 20.1. The number of hydrazone groups is 1. The lowest BCUT2D eigenvalue weighted by Gasteiger charge is -2.38. The second-order valence-electron chi connectivity index (χ2n) is 20.1. The van der Waals surface area contributed by atoms with Gasteiger partial charge >= 0.3 is 17.6 Å². The summed E-state index contributed by atoms with van der Waals surface area (Å²) in [7, 11) is 3.42. The van der Waals surface area contributed by atoms with Gasteiger partial charge < -0.3 is 69.9 Å². The predicted octanol–water partition coefficient (Wildman–Crippen LogP) is 4.11. The smallest absolute Gasteiger partial charge is 0.342 e. The number of hydrogen-bond acceptors (Lipinski definition) is 22. The van der Waals surface area contributed by atoms with Crippen molar-refractivity contribution in [2.75, 3.05) is 52.3 Å². The van der Waals surface area contributed by atoms with Gasteiger partial charge in [0.25, 0.3) is 17.6 Å². The van der Waals surface area contributed by atoms with Crippen molar-refractivity contribution in [2.24, 2.45) is 34.6 Å². The number of Topliss-reactive ketones (excluding diaryl/α,β-unsaturated/α-hetero) is 1. The number of benzene rings is 2. The number of phenolic OH excluding ortho intramolecular Hbond substituents is 3. The van der Waals surface area contributed by atoms with Crippen LogP contribution < -0.4 is 21.3 Å². The number of fused-ring (bicyclic) bond motifs is 14. The maximum absolute atomic E-state index is 14.4. The monoisotopic (exact) mass is 1130 g/mol. The Morgan fingerprint density at radius 1 is 0.988 bits per heavy atom. The third-order valence-electron chi connectivity index (χ3n) is 14.5. The number of carbonyl (C=O) groups excluding carboxylic acids is 4. The Morgan fingerprint density at radius 3 is 2.23 bits per heavy atom. The summed E-state index contributed by atoms with van der Waals surface area (Å²) in [6.07, 6.45) is 9.11. The van der Waals surface area contributed by atoms with Crippen LogP contribution in [0.1, 0.15) is 86.1 Å². The van der Waals surface area contributed by atoms with Gasteiger partial charge in [0, 0.05) is 112 Å². The maximum atomic E-state index is 14.4. The molecule has 0 unspecified atom stereocenters. The molecule has 5 bridgehead atoms. The number of methoxy groups -OCH3 is 1. The first-order chi connectivity index (χ1) is 38.2. The molecule has 8 rings (SSSR count). The van der Waals surface area contributed by atoms with Gasteiger partial charge in [0.15, 0.2) is 11.6 Å². The van der Waals surface area contributed by atoms with Gasteiger partial charge in [-0.05, 0) is 44.0 Å². The third kappa shape index (κ3) is 14.7. The molecule has 4 aromatic rings. The van der Waals surface area contributed by atoms with Crippen molar-refractivity contribution in [3.05, 3.63) is 105 Å². The highest BCUT2D eigenvalue weighted by Crippen LogP contribution is 2.55. The quantitative estimate of drug-likeness (QED) is 0.0175. The number of aromatic nitrogens is 3. The van der Waals surface area contributed by atoms with E-state index in [1.165, 1.54) is 82.6 Å². The van der Waals surface area contributed by atoms with Crippen molar-refractivity contribution in [1.82, 2.24) is 29.9 Å². The zero-order valence-corrected chi connectivity index (χ0v) is 47.2. The number of rotatable bonds is 8. The number of aliphatic hydroxyl groups is 3. The van der Waals surface area contributed by atoms with E-state index in [2.05, 4.69) is 25.3 Å². The summed E-state index contributed by atoms with van der Waals surface area (Å²) in [6, 6.07) is 3.17. The number of hydrazine groups is 1. The molecule has 81 heavy (non-hydrogen) atoms. The number of aryl methyl sites for hydroxylation is 1. The topological polar surface area (TPSA) is 369 Å². The molecule has 0 saturated carbocycles. The van der Waals surface area contributed by atoms with Crippen LogP contribution in [0.15, 0.2) is 72.0 Å². The Morgan fingerprint density at radius 2 is 1.64 bits per heavy atom. The van der Waals surface area contributed by atoms with Crippen molar-refractivity contribution in [3.8, 4) is 23.0 Å². The first-order valence-electron chi connectivity index (χ1n) is 26.0. The van der Waals surface area contributed by atoms with Crippen LogP contribution in [0.4, 0.5) is 11.5 Å². The molecule has 1 saturated heterocycles. The predicted molar refractivity (Wildman–Crippen MR) is 297 cm³/mol. The Labute approximate surface area is 468 Å². The fraction of sp³-hybridized carbons (Fsp3) is 0.473. The summed E-state index contributed by atoms with van der Waals surface area (Å²) in [4.78, 5) is 70.7. The molecule has 2 aromatic heterocycles. The van der Waals surface area contributed by atoms with Crippen LogP contribution in [0.25, 0.3) is 10.8 Å². The summed E-state index contributed by atoms with van der Waals surface area (Å²) < 4.78 is 25.0. The van der Waals surface area contributed by atoms with E-state index in [4.69, 9.17) is 29.9 Å². The first kappa shape index (κ1) is 63.8. The number of nitrogens with two attached hydrogens (primary N) is 1. The number of imidazole rings is 1. The molecule has 0 spiro atoms. The van der Waals surface area contributed by atoms with E-state index in [1.54, 1.807) is 63.9 Å². The highest BCUT2D eigenvalue weighted by atomic mass is 16.7. The summed E-state index contributed by atoms with van der Waals surface area (Å²) in [5, 5.41) is 85.8. The van der Waals surface area contributed by atoms with Crippen molar-refractivity contribution in [3.63, 3.8) is 0 Å². The van der Waals surface area contributed by atoms with Crippen LogP contribution in [0.2, 0.25) is 0 Å². The molecule has 9 atom stereocenters. The number of phenols is 3. The van der Waals surface area contributed by atoms with Crippen LogP contribution >= 0.6 is 0 Å². The summed E-state index contributed by atoms with van der Waals surface area (Å²) in [5.74, 6) is -3.31. The molecule has 0 aliphatic carbocycles. The number of nitrogens with zero attached hydrogens (tertiary/aromatic N) is 7. The zero-order chi connectivity index (χ0) is 60.2. The van der Waals surface area contributed by atoms with Crippen LogP contribution in [-0.2, 0) is 30.3 Å². The van der Waals surface area contributed by atoms with Gasteiger partial charge in [-0.25, -0.2) is 15.4 Å². The van der Waals surface area contributed by atoms with E-state index >= 15 is 0 Å². The van der Waals surface area contributed by atoms with Crippen molar-refractivity contribution in [2.45, 2.75) is 99.1 Å². The zero-order valence-electron chi connectivity index (χ0n) is 47.2. The van der Waals surface area contributed by atoms with Gasteiger partial charge in [-0.15, -0.1) is 0 Å². The highest BCUT2D eigenvalue weighted by molar-refractivity contribution is 6.24. The fourth-order valence-electron chi connectivity index (χ4n) is 9.49. The summed E-state index contributed by atoms with van der Waals surface area (Å²) in [6.45, 7) is 16.8. The number of anilines is 1. The number of aromatic hydroxyl groups is 3. The number of hydrogen-bond donors (Lipinski definition) is 9. The minimum Gasteiger partial charge on any atom is -0.507 e. The molecule has 2 aromatic carbocycles. The molecule has 0 radical (unpaired) electrons. The molecule has 2 amide bonds. The van der Waals surface area contributed by atoms with Crippen LogP contribution in [0.5, 0.6) is 23.0 Å². The number of nitrogens with one attached hydrogen (secondary N) is 2. The third-order valence-corrected chi connectivity index (χ3v) is 14.5. The Balaban J connectivity index is 0.000000450. The van der Waals surface area contributed by atoms with Crippen molar-refractivity contribution >= 4 is 52.1 Å². The lowest BCUT2D eigenvalue weighted by Crippen LogP contribution is -2.46. The van der Waals surface area contributed by atoms with Crippen LogP contribution in [0, 0.1) is 47.6 Å². The SMILES string of the molecule is CO[C@H]1/C=C/O[C@@]2(C)Oc3c(C)c(O)c4c(O)c(c(/C=N\N5CCN(C)CC5)c(O)c4c3C2=O)NC(=O)/C(C)=C\C=C\[C@H](C)[C@@H](O)[C@@H](C)[C@@H](O)[C@@H](C)[C@H](OC(C)=O)[C@H]1C.Cc1ncc([N+](=O)[O-])n1CCO.NNC(=O)c1ccncc1. The Bertz CT molecular complexity index is 3050. The lowest BCUT2D eigenvalue weighted by molar-refractivity contribution is -0.392. The van der Waals surface area contributed by atoms with Gasteiger partial charge in [-0.1, -0.05) is 45.9 Å². The molecule has 440 valence electrons. The molecule has 1 fully saturated rings. The number of ketones is 1. The van der Waals surface area contributed by atoms with E-state index in [0.29, 0.717) is 24.5 Å². The van der Waals surface area contributed by atoms with E-state index < -0.39 is 93.7 Å². The fourth-order valence-corrected chi connectivity index (χ4v) is 9.49. The van der Waals surface area contributed by atoms with Gasteiger partial charge in [0.1, 0.15) is 36.1 Å². The number of allylic oxidation sites excluding steroid dienone is 2. The Kier molecular flexibility index (Phi) is 22.0. The second kappa shape index (κ2) is 27.9. The number of likely N-dealkylation sites (N-methyl/N-ethyl adjacent to an activating group) is 1. The van der Waals surface area contributed by atoms with Crippen molar-refractivity contribution < 1.29 is 73.7 Å². The molecule has 26 nitrogen and oxygen atoms in total. The normalized spacial score (nSPS) is 26.0. The van der Waals surface area contributed by atoms with Crippen LogP contribution in [-0.4, -0.2) is 167 Å². The minimum atomic E-state index is -2.04. The molecule has 6 heterocycles. The maximum Gasteiger partial charge on any atom is 0.342 e. The molecule has 26 heteroatoms. The van der Waals surface area contributed by atoms with E-state index in [-0.39, 0.29) is 69.3 Å². The molecule has 4 aliphatic rings. The number of carbonyl (C=O) groups is 4. The number of amides is 2. The van der Waals surface area contributed by atoms with Gasteiger partial charge in [0.2, 0.25) is 0 Å². The molecule has 4 aliphatic heterocycles. The average molecular weight is 1130 g/mol. The summed E-state index contributed by atoms with van der Waals surface area (Å²) >= 11 is 0. The first-order valence-corrected chi connectivity index (χ1v) is 26.0. The molecular formula is C55H74N10O16. The van der Waals surface area contributed by atoms with E-state index in [0.717, 1.165) is 13.1 Å². The molecule has 10 N–H and O–H groups in total. The standard InChI is InChI=1S/C43H58N4O12.C6H9N3O3.C6H7N3O/c1-21-12-11-13-22(2)42(55)45-33-28(20-44-47-17-15-46(9)16-18-47)37(52)30-31(38(33)53)36(51)26(6)40-32(30)41(54)43(8,59-40)57-19-14-29(56-10)23(3)39(58-27(7)48)25(5)35(50)24(4)34(21)49;1-5-7-4-6(9(11)12)8(5)2-3-10;7-9-6(10)5-1-3-8-4-2-5/h11-14,19-21,23-25,29,34-35,39,49-53H,15-18H2,1-10H3,(H,45,55);4,10H,2-3H2,1H3;1-4H,7H2,(H,9,10)/b12-11+,19-14+,22-13-,44-20-;;/t21-,23-,24+,25+,29-,34+,35+,39+,43-;;/m0../s1. The highest BCUT2D eigenvalue weighted by Gasteiger charge is 2.50. The molecular weight excluding hydrogens is 1060 g/mol. The van der Waals surface area contributed by atoms with Gasteiger partial charge in [-0.3, -0.25) is 34.6 Å². The van der Waals surface area contributed by atoms with E-state index in [1.807, 2.05) is 12.5 Å². The van der Waals surface area contributed by atoms with Gasteiger partial charge in [-0.2, -0.15) is 5.10 Å². The average Bonchev–Trinajstić information content (AvgIpc) is 4.14. The van der Waals surface area contributed by atoms with Crippen LogP contribution in [0.3, 0.4) is 0 Å².